The number of nitrogens with zero attached hydrogens (tertiary/aromatic N) is 9. The summed E-state index contributed by atoms with van der Waals surface area (Å²) in [4.78, 5) is 15.8. The van der Waals surface area contributed by atoms with Crippen LogP contribution in [0.15, 0.2) is 188 Å². The Morgan fingerprint density at radius 1 is 0.267 bits per heavy atom. The molecule has 0 amide bonds. The quantitative estimate of drug-likeness (QED) is 0.179. The Balaban J connectivity index is 1.02. The first kappa shape index (κ1) is 31.6. The second-order valence-electron chi connectivity index (χ2n) is 15.4. The Bertz CT molecular complexity index is 4090. The highest BCUT2D eigenvalue weighted by Gasteiger charge is 2.24. The highest BCUT2D eigenvalue weighted by Crippen LogP contribution is 2.39. The molecule has 6 aromatic heterocycles. The first-order valence-corrected chi connectivity index (χ1v) is 20.1. The van der Waals surface area contributed by atoms with Gasteiger partial charge >= 0.3 is 0 Å². The van der Waals surface area contributed by atoms with Gasteiger partial charge in [-0.15, -0.1) is 0 Å². The number of imidazole rings is 6. The average molecular weight is 770 g/mol. The maximum atomic E-state index is 5.40. The summed E-state index contributed by atoms with van der Waals surface area (Å²) in [5.41, 5.74) is 17.9. The number of para-hydroxylation sites is 12. The summed E-state index contributed by atoms with van der Waals surface area (Å²) in [6, 6.07) is 66.3. The van der Waals surface area contributed by atoms with Crippen molar-refractivity contribution in [2.75, 3.05) is 0 Å². The van der Waals surface area contributed by atoms with E-state index in [1.165, 1.54) is 0 Å². The van der Waals surface area contributed by atoms with E-state index in [9.17, 15) is 0 Å². The molecule has 9 heteroatoms. The molecular weight excluding hydrogens is 739 g/mol. The van der Waals surface area contributed by atoms with Gasteiger partial charge in [0, 0.05) is 11.1 Å². The SMILES string of the molecule is c1ccc(-n2c3ccccc3n3c4ccccc4nc23)c(-c2ccccc2-n2c3ccccc3n3c4cc(-n5c6ccccc6n6c7ccccc7nc56)ccc4nc23)c1. The summed E-state index contributed by atoms with van der Waals surface area (Å²) in [6.07, 6.45) is 0. The van der Waals surface area contributed by atoms with E-state index in [0.29, 0.717) is 0 Å². The smallest absolute Gasteiger partial charge is 0.220 e. The molecule has 6 heterocycles. The third-order valence-electron chi connectivity index (χ3n) is 12.2. The van der Waals surface area contributed by atoms with Crippen molar-refractivity contribution in [3.8, 4) is 28.2 Å². The minimum absolute atomic E-state index is 0.843. The molecule has 0 fully saturated rings. The van der Waals surface area contributed by atoms with Crippen molar-refractivity contribution >= 4 is 83.5 Å². The van der Waals surface area contributed by atoms with Crippen molar-refractivity contribution in [1.29, 1.82) is 0 Å². The molecule has 0 aliphatic heterocycles. The number of benzene rings is 8. The molecule has 0 aliphatic carbocycles. The lowest BCUT2D eigenvalue weighted by Gasteiger charge is -2.16. The highest BCUT2D eigenvalue weighted by atomic mass is 15.2. The molecule has 8 aromatic carbocycles. The van der Waals surface area contributed by atoms with Crippen LogP contribution in [0.3, 0.4) is 0 Å². The van der Waals surface area contributed by atoms with Crippen LogP contribution >= 0.6 is 0 Å². The fourth-order valence-corrected chi connectivity index (χ4v) is 9.75. The second kappa shape index (κ2) is 11.6. The minimum atomic E-state index is 0.843. The summed E-state index contributed by atoms with van der Waals surface area (Å²) in [7, 11) is 0. The molecule has 0 saturated carbocycles. The van der Waals surface area contributed by atoms with Gasteiger partial charge in [0.2, 0.25) is 17.3 Å². The molecular formula is C51H31N9. The lowest BCUT2D eigenvalue weighted by Crippen LogP contribution is -2.02. The number of rotatable bonds is 4. The van der Waals surface area contributed by atoms with Gasteiger partial charge in [-0.1, -0.05) is 97.1 Å². The van der Waals surface area contributed by atoms with Gasteiger partial charge in [-0.2, -0.15) is 0 Å². The van der Waals surface area contributed by atoms with Gasteiger partial charge in [-0.05, 0) is 91.0 Å². The standard InChI is InChI=1S/C51H31N9/c1-5-19-38(56-44-25-11-13-27-46(44)59-41-22-8-4-18-36(41)53-50(56)59)33(15-1)34-16-2-6-20-39(34)57-45-26-12-14-28-47(45)60-48-31-32(29-30-37(48)54-51(57)60)55-42-23-9-10-24-43(42)58-40-21-7-3-17-35(40)52-49(55)58/h1-31H. The number of fused-ring (bicyclic) bond motifs is 15. The average Bonchev–Trinajstić information content (AvgIpc) is 4.14. The lowest BCUT2D eigenvalue weighted by atomic mass is 10.0. The fraction of sp³-hybridized carbons (Fsp3) is 0. The molecule has 0 bridgehead atoms. The molecule has 0 N–H and O–H groups in total. The molecule has 9 nitrogen and oxygen atoms in total. The predicted molar refractivity (Wildman–Crippen MR) is 241 cm³/mol. The zero-order valence-electron chi connectivity index (χ0n) is 31.9. The highest BCUT2D eigenvalue weighted by molar-refractivity contribution is 5.98. The van der Waals surface area contributed by atoms with Gasteiger partial charge in [0.25, 0.3) is 0 Å². The van der Waals surface area contributed by atoms with Crippen LogP contribution in [0, 0.1) is 0 Å². The van der Waals surface area contributed by atoms with Gasteiger partial charge in [-0.3, -0.25) is 26.9 Å². The van der Waals surface area contributed by atoms with E-state index in [-0.39, 0.29) is 0 Å². The fourth-order valence-electron chi connectivity index (χ4n) is 9.75. The van der Waals surface area contributed by atoms with Gasteiger partial charge in [0.05, 0.1) is 83.3 Å². The molecule has 280 valence electrons. The van der Waals surface area contributed by atoms with Crippen LogP contribution in [-0.4, -0.2) is 41.9 Å². The predicted octanol–water partition coefficient (Wildman–Crippen LogP) is 11.6. The van der Waals surface area contributed by atoms with Gasteiger partial charge in [-0.25, -0.2) is 15.0 Å². The van der Waals surface area contributed by atoms with Crippen LogP contribution in [-0.2, 0) is 0 Å². The molecule has 0 radical (unpaired) electrons. The van der Waals surface area contributed by atoms with Gasteiger partial charge in [0.15, 0.2) is 0 Å². The molecule has 60 heavy (non-hydrogen) atoms. The normalized spacial score (nSPS) is 12.3. The van der Waals surface area contributed by atoms with E-state index in [4.69, 9.17) is 15.0 Å². The first-order valence-electron chi connectivity index (χ1n) is 20.1. The number of hydrogen-bond acceptors (Lipinski definition) is 3. The lowest BCUT2D eigenvalue weighted by molar-refractivity contribution is 1.10. The Morgan fingerprint density at radius 3 is 1.12 bits per heavy atom. The van der Waals surface area contributed by atoms with Gasteiger partial charge in [0.1, 0.15) is 0 Å². The van der Waals surface area contributed by atoms with E-state index in [1.54, 1.807) is 0 Å². The van der Waals surface area contributed by atoms with E-state index < -0.39 is 0 Å². The Morgan fingerprint density at radius 2 is 0.617 bits per heavy atom. The van der Waals surface area contributed by atoms with Crippen molar-refractivity contribution < 1.29 is 0 Å². The van der Waals surface area contributed by atoms with Crippen LogP contribution in [0.4, 0.5) is 0 Å². The van der Waals surface area contributed by atoms with Gasteiger partial charge < -0.3 is 0 Å². The zero-order chi connectivity index (χ0) is 39.1. The van der Waals surface area contributed by atoms with Crippen molar-refractivity contribution in [2.24, 2.45) is 0 Å². The maximum Gasteiger partial charge on any atom is 0.220 e. The largest absolute Gasteiger partial charge is 0.278 e. The van der Waals surface area contributed by atoms with Crippen molar-refractivity contribution in [2.45, 2.75) is 0 Å². The van der Waals surface area contributed by atoms with Crippen LogP contribution in [0.1, 0.15) is 0 Å². The zero-order valence-corrected chi connectivity index (χ0v) is 31.9. The van der Waals surface area contributed by atoms with Crippen LogP contribution < -0.4 is 0 Å². The summed E-state index contributed by atoms with van der Waals surface area (Å²) in [5.74, 6) is 2.60. The summed E-state index contributed by atoms with van der Waals surface area (Å²) >= 11 is 0. The molecule has 0 saturated heterocycles. The minimum Gasteiger partial charge on any atom is -0.278 e. The molecule has 0 unspecified atom stereocenters. The summed E-state index contributed by atoms with van der Waals surface area (Å²) in [6.45, 7) is 0. The van der Waals surface area contributed by atoms with Crippen LogP contribution in [0.2, 0.25) is 0 Å². The van der Waals surface area contributed by atoms with E-state index >= 15 is 0 Å². The van der Waals surface area contributed by atoms with Crippen molar-refractivity contribution in [3.05, 3.63) is 188 Å². The Hall–Kier alpha value is -8.43. The Kier molecular flexibility index (Phi) is 6.11. The topological polar surface area (TPSA) is 66.7 Å². The van der Waals surface area contributed by atoms with E-state index in [1.807, 2.05) is 6.07 Å². The molecule has 0 atom stereocenters. The Labute approximate surface area is 340 Å². The number of hydrogen-bond donors (Lipinski definition) is 0. The molecule has 0 spiro atoms. The maximum absolute atomic E-state index is 5.40. The third-order valence-corrected chi connectivity index (χ3v) is 12.2. The molecule has 14 rings (SSSR count). The van der Waals surface area contributed by atoms with Crippen molar-refractivity contribution in [1.82, 2.24) is 41.9 Å². The van der Waals surface area contributed by atoms with E-state index in [0.717, 1.165) is 112 Å². The second-order valence-corrected chi connectivity index (χ2v) is 15.4. The molecule has 14 aromatic rings. The molecule has 0 aliphatic rings. The van der Waals surface area contributed by atoms with Crippen LogP contribution in [0.5, 0.6) is 0 Å². The van der Waals surface area contributed by atoms with E-state index in [2.05, 4.69) is 209 Å². The van der Waals surface area contributed by atoms with Crippen LogP contribution in [0.25, 0.3) is 112 Å². The summed E-state index contributed by atoms with van der Waals surface area (Å²) < 4.78 is 13.7. The first-order chi connectivity index (χ1) is 29.8. The summed E-state index contributed by atoms with van der Waals surface area (Å²) in [5, 5.41) is 0. The van der Waals surface area contributed by atoms with Crippen molar-refractivity contribution in [3.63, 3.8) is 0 Å². The number of aromatic nitrogens is 9. The third kappa shape index (κ3) is 4.07. The monoisotopic (exact) mass is 769 g/mol.